The lowest BCUT2D eigenvalue weighted by molar-refractivity contribution is -0.108. The van der Waals surface area contributed by atoms with Gasteiger partial charge < -0.3 is 9.69 Å². The van der Waals surface area contributed by atoms with Gasteiger partial charge in [0.25, 0.3) is 0 Å². The van der Waals surface area contributed by atoms with Gasteiger partial charge in [-0.1, -0.05) is 18.2 Å². The fourth-order valence-electron chi connectivity index (χ4n) is 1.69. The summed E-state index contributed by atoms with van der Waals surface area (Å²) in [5.41, 5.74) is 0.885. The molecule has 0 spiro atoms. The Labute approximate surface area is 88.1 Å². The number of aldehydes is 1. The molecule has 0 radical (unpaired) electrons. The summed E-state index contributed by atoms with van der Waals surface area (Å²) >= 11 is 0. The first-order chi connectivity index (χ1) is 7.33. The summed E-state index contributed by atoms with van der Waals surface area (Å²) < 4.78 is 0. The van der Waals surface area contributed by atoms with E-state index in [1.54, 1.807) is 9.80 Å². The van der Waals surface area contributed by atoms with Crippen molar-refractivity contribution in [1.29, 1.82) is 0 Å². The zero-order valence-corrected chi connectivity index (χ0v) is 8.30. The quantitative estimate of drug-likeness (QED) is 0.692. The fraction of sp³-hybridized carbons (Fsp3) is 0.273. The molecule has 1 aromatic rings. The molecule has 0 N–H and O–H groups in total. The van der Waals surface area contributed by atoms with Crippen LogP contribution < -0.4 is 4.90 Å². The average molecular weight is 204 g/mol. The lowest BCUT2D eigenvalue weighted by Gasteiger charge is -2.16. The maximum absolute atomic E-state index is 11.8. The van der Waals surface area contributed by atoms with Crippen molar-refractivity contribution in [3.05, 3.63) is 30.3 Å². The molecule has 4 nitrogen and oxygen atoms in total. The summed E-state index contributed by atoms with van der Waals surface area (Å²) in [6.07, 6.45) is 0.756. The lowest BCUT2D eigenvalue weighted by Crippen LogP contribution is -2.32. The van der Waals surface area contributed by atoms with Crippen LogP contribution in [0.2, 0.25) is 0 Å². The van der Waals surface area contributed by atoms with Crippen molar-refractivity contribution >= 4 is 18.0 Å². The van der Waals surface area contributed by atoms with Gasteiger partial charge in [-0.05, 0) is 12.1 Å². The first-order valence-electron chi connectivity index (χ1n) is 4.88. The summed E-state index contributed by atoms with van der Waals surface area (Å²) in [4.78, 5) is 25.4. The molecule has 1 aromatic carbocycles. The van der Waals surface area contributed by atoms with Crippen molar-refractivity contribution in [3.8, 4) is 0 Å². The van der Waals surface area contributed by atoms with Gasteiger partial charge in [0.2, 0.25) is 0 Å². The molecular formula is C11H12N2O2. The van der Waals surface area contributed by atoms with Crippen molar-refractivity contribution in [2.45, 2.75) is 0 Å². The second-order valence-electron chi connectivity index (χ2n) is 3.38. The molecule has 0 saturated carbocycles. The molecule has 0 aliphatic carbocycles. The van der Waals surface area contributed by atoms with Crippen LogP contribution in [0.25, 0.3) is 0 Å². The van der Waals surface area contributed by atoms with Crippen molar-refractivity contribution in [2.24, 2.45) is 0 Å². The summed E-state index contributed by atoms with van der Waals surface area (Å²) in [6, 6.07) is 9.39. The van der Waals surface area contributed by atoms with E-state index in [1.165, 1.54) is 0 Å². The van der Waals surface area contributed by atoms with Gasteiger partial charge in [-0.2, -0.15) is 0 Å². The number of hydrogen-bond donors (Lipinski definition) is 0. The molecule has 0 unspecified atom stereocenters. The predicted molar refractivity (Wildman–Crippen MR) is 56.8 cm³/mol. The molecule has 0 bridgehead atoms. The van der Waals surface area contributed by atoms with Crippen LogP contribution in [0, 0.1) is 0 Å². The second-order valence-corrected chi connectivity index (χ2v) is 3.38. The minimum absolute atomic E-state index is 0.0895. The molecule has 2 rings (SSSR count). The largest absolute Gasteiger partial charge is 0.324 e. The molecule has 0 atom stereocenters. The highest BCUT2D eigenvalue weighted by Gasteiger charge is 2.28. The number of carbonyl (C=O) groups is 2. The molecule has 1 saturated heterocycles. The minimum atomic E-state index is -0.0895. The van der Waals surface area contributed by atoms with Crippen LogP contribution in [-0.2, 0) is 4.79 Å². The normalized spacial score (nSPS) is 15.9. The van der Waals surface area contributed by atoms with Crippen molar-refractivity contribution in [1.82, 2.24) is 4.90 Å². The Bertz CT molecular complexity index is 364. The van der Waals surface area contributed by atoms with Crippen LogP contribution in [0.4, 0.5) is 10.5 Å². The van der Waals surface area contributed by atoms with E-state index in [0.717, 1.165) is 12.0 Å². The van der Waals surface area contributed by atoms with E-state index in [9.17, 15) is 9.59 Å². The highest BCUT2D eigenvalue weighted by Crippen LogP contribution is 2.18. The van der Waals surface area contributed by atoms with Crippen LogP contribution in [0.15, 0.2) is 30.3 Å². The monoisotopic (exact) mass is 204 g/mol. The predicted octanol–water partition coefficient (Wildman–Crippen LogP) is 1.13. The summed E-state index contributed by atoms with van der Waals surface area (Å²) in [6.45, 7) is 1.45. The molecular weight excluding hydrogens is 192 g/mol. The number of rotatable bonds is 3. The Morgan fingerprint density at radius 2 is 1.93 bits per heavy atom. The molecule has 0 aromatic heterocycles. The smallest absolute Gasteiger partial charge is 0.316 e. The van der Waals surface area contributed by atoms with Gasteiger partial charge in [0.15, 0.2) is 0 Å². The molecule has 15 heavy (non-hydrogen) atoms. The Kier molecular flexibility index (Phi) is 2.67. The summed E-state index contributed by atoms with van der Waals surface area (Å²) in [5, 5.41) is 0. The van der Waals surface area contributed by atoms with Crippen molar-refractivity contribution in [3.63, 3.8) is 0 Å². The highest BCUT2D eigenvalue weighted by atomic mass is 16.2. The highest BCUT2D eigenvalue weighted by molar-refractivity contribution is 5.94. The van der Waals surface area contributed by atoms with Gasteiger partial charge in [0.05, 0.1) is 6.54 Å². The third-order valence-corrected chi connectivity index (χ3v) is 2.46. The first kappa shape index (κ1) is 9.71. The van der Waals surface area contributed by atoms with E-state index >= 15 is 0 Å². The number of para-hydroxylation sites is 1. The summed E-state index contributed by atoms with van der Waals surface area (Å²) in [7, 11) is 0. The lowest BCUT2D eigenvalue weighted by atomic mass is 10.3. The van der Waals surface area contributed by atoms with Crippen LogP contribution in [0.5, 0.6) is 0 Å². The van der Waals surface area contributed by atoms with E-state index in [1.807, 2.05) is 30.3 Å². The molecule has 1 heterocycles. The van der Waals surface area contributed by atoms with Gasteiger partial charge in [-0.15, -0.1) is 0 Å². The first-order valence-corrected chi connectivity index (χ1v) is 4.88. The van der Waals surface area contributed by atoms with Crippen LogP contribution in [-0.4, -0.2) is 36.9 Å². The Morgan fingerprint density at radius 1 is 1.20 bits per heavy atom. The number of nitrogens with zero attached hydrogens (tertiary/aromatic N) is 2. The molecule has 78 valence electrons. The maximum atomic E-state index is 11.8. The molecule has 1 fully saturated rings. The third-order valence-electron chi connectivity index (χ3n) is 2.46. The molecule has 1 aliphatic rings. The van der Waals surface area contributed by atoms with E-state index in [0.29, 0.717) is 13.1 Å². The summed E-state index contributed by atoms with van der Waals surface area (Å²) in [5.74, 6) is 0. The number of anilines is 1. The van der Waals surface area contributed by atoms with Gasteiger partial charge in [-0.25, -0.2) is 4.79 Å². The minimum Gasteiger partial charge on any atom is -0.316 e. The van der Waals surface area contributed by atoms with Crippen LogP contribution in [0.1, 0.15) is 0 Å². The van der Waals surface area contributed by atoms with E-state index in [2.05, 4.69) is 0 Å². The van der Waals surface area contributed by atoms with Crippen molar-refractivity contribution in [2.75, 3.05) is 24.5 Å². The fourth-order valence-corrected chi connectivity index (χ4v) is 1.69. The Morgan fingerprint density at radius 3 is 2.60 bits per heavy atom. The van der Waals surface area contributed by atoms with Gasteiger partial charge in [0, 0.05) is 18.8 Å². The zero-order valence-electron chi connectivity index (χ0n) is 8.30. The van der Waals surface area contributed by atoms with E-state index < -0.39 is 0 Å². The van der Waals surface area contributed by atoms with E-state index in [-0.39, 0.29) is 12.6 Å². The van der Waals surface area contributed by atoms with Gasteiger partial charge >= 0.3 is 6.03 Å². The molecule has 4 heteroatoms. The van der Waals surface area contributed by atoms with Crippen molar-refractivity contribution < 1.29 is 9.59 Å². The van der Waals surface area contributed by atoms with Gasteiger partial charge in [0.1, 0.15) is 6.29 Å². The Hall–Kier alpha value is -1.84. The maximum Gasteiger partial charge on any atom is 0.324 e. The van der Waals surface area contributed by atoms with E-state index in [4.69, 9.17) is 0 Å². The number of carbonyl (C=O) groups excluding carboxylic acids is 2. The Balaban J connectivity index is 2.14. The molecule has 2 amide bonds. The third kappa shape index (κ3) is 1.83. The number of benzene rings is 1. The average Bonchev–Trinajstić information content (AvgIpc) is 2.63. The van der Waals surface area contributed by atoms with Gasteiger partial charge in [-0.3, -0.25) is 4.90 Å². The molecule has 1 aliphatic heterocycles. The number of urea groups is 1. The zero-order chi connectivity index (χ0) is 10.7. The van der Waals surface area contributed by atoms with Crippen LogP contribution in [0.3, 0.4) is 0 Å². The SMILES string of the molecule is O=CCN1CCN(c2ccccc2)C1=O. The second kappa shape index (κ2) is 4.13. The number of hydrogen-bond acceptors (Lipinski definition) is 2. The number of amides is 2. The standard InChI is InChI=1S/C11H12N2O2/c14-9-8-12-6-7-13(11(12)15)10-4-2-1-3-5-10/h1-5,9H,6-8H2. The topological polar surface area (TPSA) is 40.6 Å². The van der Waals surface area contributed by atoms with Crippen LogP contribution >= 0.6 is 0 Å².